The summed E-state index contributed by atoms with van der Waals surface area (Å²) in [5.74, 6) is 0.355. The number of H-pyrrole nitrogens is 1. The van der Waals surface area contributed by atoms with Crippen molar-refractivity contribution >= 4 is 32.5 Å². The van der Waals surface area contributed by atoms with Crippen LogP contribution < -0.4 is 4.72 Å². The van der Waals surface area contributed by atoms with E-state index in [0.29, 0.717) is 17.9 Å². The van der Waals surface area contributed by atoms with Crippen molar-refractivity contribution in [3.05, 3.63) is 28.9 Å². The second kappa shape index (κ2) is 4.44. The van der Waals surface area contributed by atoms with Crippen LogP contribution >= 0.6 is 11.6 Å². The molecule has 2 aliphatic carbocycles. The van der Waals surface area contributed by atoms with Crippen molar-refractivity contribution in [1.82, 2.24) is 14.9 Å². The topological polar surface area (TPSA) is 95.1 Å². The van der Waals surface area contributed by atoms with Gasteiger partial charge in [0.15, 0.2) is 0 Å². The monoisotopic (exact) mass is 341 g/mol. The number of sulfonamides is 1. The fourth-order valence-corrected chi connectivity index (χ4v) is 4.97. The zero-order valence-electron chi connectivity index (χ0n) is 11.9. The molecule has 1 aromatic carbocycles. The quantitative estimate of drug-likeness (QED) is 0.785. The van der Waals surface area contributed by atoms with Crippen LogP contribution in [0.1, 0.15) is 18.4 Å². The van der Waals surface area contributed by atoms with Crippen LogP contribution in [0.2, 0.25) is 5.02 Å². The summed E-state index contributed by atoms with van der Waals surface area (Å²) in [6.07, 6.45) is 3.90. The Kier molecular flexibility index (Phi) is 2.92. The van der Waals surface area contributed by atoms with E-state index >= 15 is 0 Å². The van der Waals surface area contributed by atoms with Crippen molar-refractivity contribution in [1.29, 1.82) is 0 Å². The number of fused-ring (bicyclic) bond motifs is 2. The largest absolute Gasteiger partial charge is 0.385 e. The molecule has 1 aromatic heterocycles. The van der Waals surface area contributed by atoms with Gasteiger partial charge in [-0.25, -0.2) is 13.1 Å². The summed E-state index contributed by atoms with van der Waals surface area (Å²) in [6.45, 7) is 0. The van der Waals surface area contributed by atoms with Gasteiger partial charge in [0.05, 0.1) is 23.6 Å². The molecule has 4 rings (SSSR count). The lowest BCUT2D eigenvalue weighted by molar-refractivity contribution is 0.0302. The number of nitrogens with zero attached hydrogens (tertiary/aromatic N) is 1. The molecule has 0 spiro atoms. The third kappa shape index (κ3) is 2.23. The molecule has 0 amide bonds. The highest BCUT2D eigenvalue weighted by molar-refractivity contribution is 7.88. The minimum absolute atomic E-state index is 0.0493. The van der Waals surface area contributed by atoms with Gasteiger partial charge in [-0.1, -0.05) is 11.6 Å². The molecule has 0 bridgehead atoms. The second-order valence-electron chi connectivity index (χ2n) is 6.47. The third-order valence-corrected chi connectivity index (χ3v) is 5.76. The number of hydrogen-bond donors (Lipinski definition) is 3. The van der Waals surface area contributed by atoms with Crippen LogP contribution in [-0.4, -0.2) is 36.0 Å². The highest BCUT2D eigenvalue weighted by atomic mass is 35.5. The fourth-order valence-electron chi connectivity index (χ4n) is 3.89. The zero-order chi connectivity index (χ0) is 15.7. The first-order valence-corrected chi connectivity index (χ1v) is 9.37. The van der Waals surface area contributed by atoms with E-state index in [9.17, 15) is 13.5 Å². The summed E-state index contributed by atoms with van der Waals surface area (Å²) >= 11 is 6.14. The van der Waals surface area contributed by atoms with Crippen LogP contribution in [0.3, 0.4) is 0 Å². The number of rotatable bonds is 3. The van der Waals surface area contributed by atoms with Crippen molar-refractivity contribution in [3.8, 4) is 0 Å². The first-order chi connectivity index (χ1) is 10.3. The minimum Gasteiger partial charge on any atom is -0.385 e. The molecule has 0 saturated heterocycles. The van der Waals surface area contributed by atoms with E-state index in [4.69, 9.17) is 11.6 Å². The van der Waals surface area contributed by atoms with Gasteiger partial charge in [0.2, 0.25) is 10.0 Å². The summed E-state index contributed by atoms with van der Waals surface area (Å²) in [7, 11) is -3.21. The highest BCUT2D eigenvalue weighted by Gasteiger charge is 2.62. The SMILES string of the molecule is CS(=O)(=O)NC1C2CC(O)(c3cc(Cl)cc4cn[nH]c34)CC21. The number of hydrogen-bond acceptors (Lipinski definition) is 4. The van der Waals surface area contributed by atoms with Crippen LogP contribution in [0.15, 0.2) is 18.3 Å². The Labute approximate surface area is 132 Å². The van der Waals surface area contributed by atoms with E-state index in [2.05, 4.69) is 14.9 Å². The maximum absolute atomic E-state index is 11.3. The lowest BCUT2D eigenvalue weighted by atomic mass is 9.87. The van der Waals surface area contributed by atoms with Crippen molar-refractivity contribution in [2.45, 2.75) is 24.5 Å². The molecule has 8 heteroatoms. The Balaban J connectivity index is 1.64. The molecule has 0 aliphatic heterocycles. The summed E-state index contributed by atoms with van der Waals surface area (Å²) in [6, 6.07) is 3.52. The molecule has 0 radical (unpaired) electrons. The van der Waals surface area contributed by atoms with Gasteiger partial charge in [0.25, 0.3) is 0 Å². The number of aromatic nitrogens is 2. The molecule has 6 nitrogen and oxygen atoms in total. The Morgan fingerprint density at radius 3 is 2.73 bits per heavy atom. The van der Waals surface area contributed by atoms with Gasteiger partial charge < -0.3 is 5.11 Å². The summed E-state index contributed by atoms with van der Waals surface area (Å²) in [5.41, 5.74) is 0.555. The number of nitrogens with one attached hydrogen (secondary N) is 2. The highest BCUT2D eigenvalue weighted by Crippen LogP contribution is 2.60. The third-order valence-electron chi connectivity index (χ3n) is 4.84. The van der Waals surface area contributed by atoms with Gasteiger partial charge in [-0.2, -0.15) is 5.10 Å². The van der Waals surface area contributed by atoms with Crippen LogP contribution in [0.25, 0.3) is 10.9 Å². The molecular formula is C14H16ClN3O3S. The summed E-state index contributed by atoms with van der Waals surface area (Å²) in [4.78, 5) is 0. The van der Waals surface area contributed by atoms with Crippen molar-refractivity contribution in [3.63, 3.8) is 0 Å². The maximum atomic E-state index is 11.3. The van der Waals surface area contributed by atoms with Crippen molar-refractivity contribution < 1.29 is 13.5 Å². The van der Waals surface area contributed by atoms with E-state index in [1.54, 1.807) is 18.3 Å². The zero-order valence-corrected chi connectivity index (χ0v) is 13.4. The van der Waals surface area contributed by atoms with Crippen LogP contribution in [0, 0.1) is 11.8 Å². The Bertz CT molecular complexity index is 851. The number of aromatic amines is 1. The molecule has 2 fully saturated rings. The van der Waals surface area contributed by atoms with Crippen LogP contribution in [0.5, 0.6) is 0 Å². The molecule has 22 heavy (non-hydrogen) atoms. The molecule has 2 aromatic rings. The first-order valence-electron chi connectivity index (χ1n) is 7.10. The number of halogens is 1. The molecule has 2 unspecified atom stereocenters. The average molecular weight is 342 g/mol. The lowest BCUT2D eigenvalue weighted by Gasteiger charge is -2.27. The second-order valence-corrected chi connectivity index (χ2v) is 8.69. The predicted molar refractivity (Wildman–Crippen MR) is 83.0 cm³/mol. The van der Waals surface area contributed by atoms with E-state index < -0.39 is 15.6 Å². The smallest absolute Gasteiger partial charge is 0.208 e. The average Bonchev–Trinajstić information content (AvgIpc) is 2.83. The summed E-state index contributed by atoms with van der Waals surface area (Å²) < 4.78 is 25.3. The van der Waals surface area contributed by atoms with E-state index in [1.165, 1.54) is 6.26 Å². The standard InChI is InChI=1S/C14H16ClN3O3S/c1-22(20,21)18-13-9-4-14(19,5-10(9)13)11-3-8(15)2-7-6-16-17-12(7)11/h2-3,6,9-10,13,18-19H,4-5H2,1H3,(H,16,17). The molecular weight excluding hydrogens is 326 g/mol. The van der Waals surface area contributed by atoms with Crippen molar-refractivity contribution in [2.75, 3.05) is 6.26 Å². The summed E-state index contributed by atoms with van der Waals surface area (Å²) in [5, 5.41) is 19.4. The Morgan fingerprint density at radius 2 is 2.09 bits per heavy atom. The molecule has 1 heterocycles. The molecule has 2 atom stereocenters. The van der Waals surface area contributed by atoms with Crippen LogP contribution in [0.4, 0.5) is 0 Å². The van der Waals surface area contributed by atoms with Gasteiger partial charge in [-0.15, -0.1) is 0 Å². The number of benzene rings is 1. The van der Waals surface area contributed by atoms with Gasteiger partial charge >= 0.3 is 0 Å². The van der Waals surface area contributed by atoms with Gasteiger partial charge in [-0.3, -0.25) is 5.10 Å². The number of aliphatic hydroxyl groups is 1. The van der Waals surface area contributed by atoms with E-state index in [1.807, 2.05) is 0 Å². The predicted octanol–water partition coefficient (Wildman–Crippen LogP) is 1.36. The van der Waals surface area contributed by atoms with Gasteiger partial charge in [-0.05, 0) is 36.8 Å². The minimum atomic E-state index is -3.21. The van der Waals surface area contributed by atoms with Gasteiger partial charge in [0, 0.05) is 22.0 Å². The first kappa shape index (κ1) is 14.4. The maximum Gasteiger partial charge on any atom is 0.208 e. The van der Waals surface area contributed by atoms with E-state index in [0.717, 1.165) is 16.5 Å². The molecule has 3 N–H and O–H groups in total. The Hall–Kier alpha value is -1.15. The Morgan fingerprint density at radius 1 is 1.41 bits per heavy atom. The fraction of sp³-hybridized carbons (Fsp3) is 0.500. The lowest BCUT2D eigenvalue weighted by Crippen LogP contribution is -2.33. The van der Waals surface area contributed by atoms with Gasteiger partial charge in [0.1, 0.15) is 0 Å². The molecule has 2 aliphatic rings. The normalized spacial score (nSPS) is 34.0. The van der Waals surface area contributed by atoms with E-state index in [-0.39, 0.29) is 17.9 Å². The molecule has 118 valence electrons. The van der Waals surface area contributed by atoms with Crippen molar-refractivity contribution in [2.24, 2.45) is 11.8 Å². The van der Waals surface area contributed by atoms with Crippen LogP contribution in [-0.2, 0) is 15.6 Å². The molecule has 2 saturated carbocycles.